The van der Waals surface area contributed by atoms with Crippen LogP contribution in [-0.2, 0) is 0 Å². The molecule has 0 amide bonds. The Hall–Kier alpha value is -2.70. The van der Waals surface area contributed by atoms with Crippen LogP contribution in [0.15, 0.2) is 41.4 Å². The normalized spacial score (nSPS) is 11.7. The van der Waals surface area contributed by atoms with E-state index >= 15 is 0 Å². The Morgan fingerprint density at radius 2 is 1.88 bits per heavy atom. The van der Waals surface area contributed by atoms with Gasteiger partial charge in [0.2, 0.25) is 0 Å². The predicted molar refractivity (Wildman–Crippen MR) is 98.8 cm³/mol. The second-order valence-electron chi connectivity index (χ2n) is 5.97. The van der Waals surface area contributed by atoms with Gasteiger partial charge in [-0.15, -0.1) is 13.2 Å². The van der Waals surface area contributed by atoms with Crippen molar-refractivity contribution in [1.29, 1.82) is 0 Å². The van der Waals surface area contributed by atoms with Gasteiger partial charge in [-0.05, 0) is 56.2 Å². The Morgan fingerprint density at radius 1 is 1.15 bits per heavy atom. The molecule has 0 aliphatic carbocycles. The van der Waals surface area contributed by atoms with Gasteiger partial charge in [0.05, 0.1) is 12.0 Å². The van der Waals surface area contributed by atoms with Gasteiger partial charge < -0.3 is 15.0 Å². The first-order valence-electron chi connectivity index (χ1n) is 8.16. The number of ether oxygens (including phenoxy) is 1. The zero-order chi connectivity index (χ0) is 19.3. The van der Waals surface area contributed by atoms with Crippen LogP contribution in [0.25, 0.3) is 0 Å². The van der Waals surface area contributed by atoms with Crippen molar-refractivity contribution in [3.8, 4) is 5.75 Å². The Morgan fingerprint density at radius 3 is 2.54 bits per heavy atom. The summed E-state index contributed by atoms with van der Waals surface area (Å²) in [7, 11) is 1.94. The zero-order valence-electron chi connectivity index (χ0n) is 15.2. The van der Waals surface area contributed by atoms with E-state index in [0.29, 0.717) is 5.69 Å². The maximum Gasteiger partial charge on any atom is 0.573 e. The molecular weight excluding hydrogens is 343 g/mol. The average Bonchev–Trinajstić information content (AvgIpc) is 2.55. The molecule has 2 aromatic rings. The standard InChI is InChI=1S/C19H22F3N3O/c1-5-25(4)12-23-17-9-14(3)18(10-13(17)2)24-15-7-6-8-16(11-15)26-19(20,21)22/h6-12,24H,5H2,1-4H3/b23-12-. The highest BCUT2D eigenvalue weighted by Gasteiger charge is 2.31. The fraction of sp³-hybridized carbons (Fsp3) is 0.316. The first-order valence-corrected chi connectivity index (χ1v) is 8.16. The van der Waals surface area contributed by atoms with Gasteiger partial charge in [-0.3, -0.25) is 0 Å². The second kappa shape index (κ2) is 8.12. The van der Waals surface area contributed by atoms with E-state index in [1.54, 1.807) is 12.4 Å². The highest BCUT2D eigenvalue weighted by Crippen LogP contribution is 2.31. The van der Waals surface area contributed by atoms with Crippen molar-refractivity contribution < 1.29 is 17.9 Å². The highest BCUT2D eigenvalue weighted by atomic mass is 19.4. The van der Waals surface area contributed by atoms with Crippen LogP contribution in [0.5, 0.6) is 5.75 Å². The van der Waals surface area contributed by atoms with Gasteiger partial charge in [0.15, 0.2) is 0 Å². The summed E-state index contributed by atoms with van der Waals surface area (Å²) in [6.07, 6.45) is -2.94. The van der Waals surface area contributed by atoms with E-state index in [2.05, 4.69) is 15.0 Å². The molecule has 0 heterocycles. The molecule has 0 radical (unpaired) electrons. The van der Waals surface area contributed by atoms with Gasteiger partial charge in [0.25, 0.3) is 0 Å². The summed E-state index contributed by atoms with van der Waals surface area (Å²) in [5, 5.41) is 3.13. The molecule has 0 spiro atoms. The number of alkyl halides is 3. The maximum atomic E-state index is 12.4. The molecule has 2 rings (SSSR count). The first kappa shape index (κ1) is 19.6. The van der Waals surface area contributed by atoms with Crippen molar-refractivity contribution >= 4 is 23.4 Å². The first-order chi connectivity index (χ1) is 12.2. The quantitative estimate of drug-likeness (QED) is 0.538. The van der Waals surface area contributed by atoms with Crippen LogP contribution >= 0.6 is 0 Å². The summed E-state index contributed by atoms with van der Waals surface area (Å²) in [4.78, 5) is 6.43. The summed E-state index contributed by atoms with van der Waals surface area (Å²) in [6, 6.07) is 9.62. The molecule has 0 aromatic heterocycles. The topological polar surface area (TPSA) is 36.9 Å². The van der Waals surface area contributed by atoms with Crippen LogP contribution in [0, 0.1) is 13.8 Å². The number of halogens is 3. The molecular formula is C19H22F3N3O. The minimum Gasteiger partial charge on any atom is -0.406 e. The van der Waals surface area contributed by atoms with Crippen LogP contribution in [0.2, 0.25) is 0 Å². The molecule has 0 aliphatic rings. The van der Waals surface area contributed by atoms with E-state index in [9.17, 15) is 13.2 Å². The SMILES string of the molecule is CCN(C)/C=N\c1cc(C)c(Nc2cccc(OC(F)(F)F)c2)cc1C. The van der Waals surface area contributed by atoms with Gasteiger partial charge in [0, 0.05) is 31.0 Å². The number of hydrogen-bond acceptors (Lipinski definition) is 3. The molecule has 7 heteroatoms. The van der Waals surface area contributed by atoms with Crippen molar-refractivity contribution in [2.24, 2.45) is 4.99 Å². The molecule has 2 aromatic carbocycles. The van der Waals surface area contributed by atoms with Crippen molar-refractivity contribution in [3.05, 3.63) is 47.5 Å². The van der Waals surface area contributed by atoms with Gasteiger partial charge in [0.1, 0.15) is 5.75 Å². The van der Waals surface area contributed by atoms with Crippen LogP contribution < -0.4 is 10.1 Å². The molecule has 140 valence electrons. The zero-order valence-corrected chi connectivity index (χ0v) is 15.2. The van der Waals surface area contributed by atoms with Crippen molar-refractivity contribution in [2.45, 2.75) is 27.1 Å². The third-order valence-corrected chi connectivity index (χ3v) is 3.78. The third kappa shape index (κ3) is 5.68. The van der Waals surface area contributed by atoms with Gasteiger partial charge in [-0.1, -0.05) is 6.07 Å². The van der Waals surface area contributed by atoms with E-state index in [0.717, 1.165) is 29.0 Å². The number of anilines is 2. The van der Waals surface area contributed by atoms with Crippen LogP contribution in [0.1, 0.15) is 18.1 Å². The third-order valence-electron chi connectivity index (χ3n) is 3.78. The summed E-state index contributed by atoms with van der Waals surface area (Å²) in [6.45, 7) is 6.75. The van der Waals surface area contributed by atoms with Crippen molar-refractivity contribution in [2.75, 3.05) is 18.9 Å². The number of hydrogen-bond donors (Lipinski definition) is 1. The summed E-state index contributed by atoms with van der Waals surface area (Å²) >= 11 is 0. The molecule has 0 saturated heterocycles. The Bertz CT molecular complexity index is 788. The van der Waals surface area contributed by atoms with Gasteiger partial charge >= 0.3 is 6.36 Å². The predicted octanol–water partition coefficient (Wildman–Crippen LogP) is 5.56. The summed E-state index contributed by atoms with van der Waals surface area (Å²) < 4.78 is 41.0. The molecule has 26 heavy (non-hydrogen) atoms. The minimum atomic E-state index is -4.71. The smallest absolute Gasteiger partial charge is 0.406 e. The number of rotatable bonds is 6. The molecule has 0 atom stereocenters. The van der Waals surface area contributed by atoms with Crippen LogP contribution in [0.3, 0.4) is 0 Å². The summed E-state index contributed by atoms with van der Waals surface area (Å²) in [5.41, 5.74) is 4.05. The van der Waals surface area contributed by atoms with Crippen molar-refractivity contribution in [3.63, 3.8) is 0 Å². The molecule has 0 bridgehead atoms. The fourth-order valence-electron chi connectivity index (χ4n) is 2.24. The number of aryl methyl sites for hydroxylation is 2. The van der Waals surface area contributed by atoms with E-state index in [4.69, 9.17) is 0 Å². The number of aliphatic imine (C=N–C) groups is 1. The van der Waals surface area contributed by atoms with Crippen molar-refractivity contribution in [1.82, 2.24) is 4.90 Å². The van der Waals surface area contributed by atoms with Crippen LogP contribution in [-0.4, -0.2) is 31.2 Å². The highest BCUT2D eigenvalue weighted by molar-refractivity contribution is 5.71. The molecule has 0 fully saturated rings. The summed E-state index contributed by atoms with van der Waals surface area (Å²) in [5.74, 6) is -0.263. The van der Waals surface area contributed by atoms with Gasteiger partial charge in [-0.2, -0.15) is 0 Å². The monoisotopic (exact) mass is 365 g/mol. The number of nitrogens with one attached hydrogen (secondary N) is 1. The lowest BCUT2D eigenvalue weighted by Gasteiger charge is -2.14. The second-order valence-corrected chi connectivity index (χ2v) is 5.97. The Balaban J connectivity index is 2.21. The number of nitrogens with zero attached hydrogens (tertiary/aromatic N) is 2. The molecule has 0 saturated carbocycles. The fourth-order valence-corrected chi connectivity index (χ4v) is 2.24. The number of benzene rings is 2. The lowest BCUT2D eigenvalue weighted by atomic mass is 10.1. The lowest BCUT2D eigenvalue weighted by Crippen LogP contribution is -2.17. The Kier molecular flexibility index (Phi) is 6.13. The Labute approximate surface area is 151 Å². The van der Waals surface area contributed by atoms with E-state index in [1.807, 2.05) is 44.9 Å². The van der Waals surface area contributed by atoms with E-state index < -0.39 is 6.36 Å². The average molecular weight is 365 g/mol. The molecule has 0 aliphatic heterocycles. The van der Waals surface area contributed by atoms with E-state index in [-0.39, 0.29) is 5.75 Å². The minimum absolute atomic E-state index is 0.263. The molecule has 4 nitrogen and oxygen atoms in total. The van der Waals surface area contributed by atoms with Gasteiger partial charge in [-0.25, -0.2) is 4.99 Å². The molecule has 0 unspecified atom stereocenters. The lowest BCUT2D eigenvalue weighted by molar-refractivity contribution is -0.274. The van der Waals surface area contributed by atoms with Crippen LogP contribution in [0.4, 0.5) is 30.2 Å². The van der Waals surface area contributed by atoms with E-state index in [1.165, 1.54) is 18.2 Å². The largest absolute Gasteiger partial charge is 0.573 e. The molecule has 1 N–H and O–H groups in total. The maximum absolute atomic E-state index is 12.4.